The van der Waals surface area contributed by atoms with Crippen LogP contribution in [-0.4, -0.2) is 24.5 Å². The fraction of sp³-hybridized carbons (Fsp3) is 0.143. The Morgan fingerprint density at radius 3 is 2.56 bits per heavy atom. The van der Waals surface area contributed by atoms with Crippen molar-refractivity contribution in [2.24, 2.45) is 0 Å². The van der Waals surface area contributed by atoms with Crippen molar-refractivity contribution in [1.82, 2.24) is 19.4 Å². The van der Waals surface area contributed by atoms with Crippen molar-refractivity contribution in [3.8, 4) is 28.7 Å². The summed E-state index contributed by atoms with van der Waals surface area (Å²) >= 11 is 0. The van der Waals surface area contributed by atoms with Crippen LogP contribution in [0.3, 0.4) is 0 Å². The van der Waals surface area contributed by atoms with Gasteiger partial charge in [-0.1, -0.05) is 24.3 Å². The predicted octanol–water partition coefficient (Wildman–Crippen LogP) is 3.56. The van der Waals surface area contributed by atoms with E-state index >= 15 is 0 Å². The molecular formula is C21H17N5O. The highest BCUT2D eigenvalue weighted by atomic mass is 16.3. The molecule has 3 heterocycles. The fourth-order valence-corrected chi connectivity index (χ4v) is 2.93. The van der Waals surface area contributed by atoms with Crippen LogP contribution in [0.1, 0.15) is 25.1 Å². The van der Waals surface area contributed by atoms with Gasteiger partial charge < -0.3 is 5.11 Å². The van der Waals surface area contributed by atoms with Crippen LogP contribution in [0.5, 0.6) is 0 Å². The number of nitriles is 1. The van der Waals surface area contributed by atoms with Crippen molar-refractivity contribution >= 4 is 5.78 Å². The molecule has 0 aliphatic heterocycles. The first-order valence-electron chi connectivity index (χ1n) is 8.51. The second kappa shape index (κ2) is 6.31. The van der Waals surface area contributed by atoms with Crippen LogP contribution in [-0.2, 0) is 5.60 Å². The molecule has 0 aliphatic rings. The Hall–Kier alpha value is -3.56. The van der Waals surface area contributed by atoms with Crippen molar-refractivity contribution in [1.29, 1.82) is 5.26 Å². The third-order valence-corrected chi connectivity index (χ3v) is 4.34. The zero-order valence-corrected chi connectivity index (χ0v) is 15.0. The molecule has 6 nitrogen and oxygen atoms in total. The highest BCUT2D eigenvalue weighted by Crippen LogP contribution is 2.26. The Balaban J connectivity index is 1.82. The number of pyridine rings is 1. The van der Waals surface area contributed by atoms with Crippen LogP contribution in [0.4, 0.5) is 0 Å². The molecule has 0 spiro atoms. The maximum absolute atomic E-state index is 10.1. The van der Waals surface area contributed by atoms with Crippen molar-refractivity contribution in [3.63, 3.8) is 0 Å². The normalized spacial score (nSPS) is 11.5. The van der Waals surface area contributed by atoms with Crippen LogP contribution >= 0.6 is 0 Å². The predicted molar refractivity (Wildman–Crippen MR) is 102 cm³/mol. The van der Waals surface area contributed by atoms with Gasteiger partial charge in [-0.15, -0.1) is 0 Å². The van der Waals surface area contributed by atoms with Gasteiger partial charge in [0.2, 0.25) is 5.78 Å². The number of fused-ring (bicyclic) bond motifs is 1. The lowest BCUT2D eigenvalue weighted by Gasteiger charge is -2.16. The zero-order valence-electron chi connectivity index (χ0n) is 15.0. The molecule has 1 aromatic carbocycles. The van der Waals surface area contributed by atoms with E-state index < -0.39 is 5.60 Å². The van der Waals surface area contributed by atoms with Gasteiger partial charge in [0.05, 0.1) is 40.6 Å². The van der Waals surface area contributed by atoms with Gasteiger partial charge in [-0.2, -0.15) is 5.26 Å². The molecule has 4 rings (SSSR count). The molecule has 3 aromatic heterocycles. The number of hydrogen-bond acceptors (Lipinski definition) is 5. The minimum absolute atomic E-state index is 0.495. The number of aliphatic hydroxyl groups is 1. The monoisotopic (exact) mass is 355 g/mol. The van der Waals surface area contributed by atoms with Gasteiger partial charge in [0.25, 0.3) is 0 Å². The molecule has 0 fully saturated rings. The first-order valence-corrected chi connectivity index (χ1v) is 8.51. The molecule has 4 aromatic rings. The summed E-state index contributed by atoms with van der Waals surface area (Å²) in [5, 5.41) is 19.5. The average molecular weight is 355 g/mol. The summed E-state index contributed by atoms with van der Waals surface area (Å²) < 4.78 is 1.83. The molecule has 6 heteroatoms. The smallest absolute Gasteiger partial charge is 0.234 e. The lowest BCUT2D eigenvalue weighted by atomic mass is 10.0. The van der Waals surface area contributed by atoms with Crippen LogP contribution in [0.15, 0.2) is 60.9 Å². The number of aromatic nitrogens is 4. The average Bonchev–Trinajstić information content (AvgIpc) is 3.10. The van der Waals surface area contributed by atoms with E-state index in [-0.39, 0.29) is 0 Å². The van der Waals surface area contributed by atoms with Gasteiger partial charge in [0.15, 0.2) is 0 Å². The standard InChI is InChI=1S/C21H17N5O/c1-21(2,27)19-10-11-26-18(13-23-20(26)25-19)17-9-5-8-16(24-17)15-7-4-3-6-14(15)12-22/h3-11,13,27H,1-2H3. The Bertz CT molecular complexity index is 1180. The maximum Gasteiger partial charge on any atom is 0.234 e. The Morgan fingerprint density at radius 1 is 1.00 bits per heavy atom. The van der Waals surface area contributed by atoms with Gasteiger partial charge in [0, 0.05) is 11.8 Å². The lowest BCUT2D eigenvalue weighted by molar-refractivity contribution is 0.0739. The topological polar surface area (TPSA) is 87.1 Å². The number of hydrogen-bond donors (Lipinski definition) is 1. The minimum Gasteiger partial charge on any atom is -0.384 e. The van der Waals surface area contributed by atoms with Crippen LogP contribution in [0.2, 0.25) is 0 Å². The summed E-state index contributed by atoms with van der Waals surface area (Å²) in [6, 6.07) is 17.0. The molecule has 0 saturated carbocycles. The Morgan fingerprint density at radius 2 is 1.78 bits per heavy atom. The number of benzene rings is 1. The SMILES string of the molecule is CC(C)(O)c1ccn2c(-c3cccc(-c4ccccc4C#N)n3)cnc2n1. The first kappa shape index (κ1) is 16.9. The molecular weight excluding hydrogens is 338 g/mol. The zero-order chi connectivity index (χ0) is 19.0. The van der Waals surface area contributed by atoms with Gasteiger partial charge >= 0.3 is 0 Å². The van der Waals surface area contributed by atoms with Gasteiger partial charge in [0.1, 0.15) is 5.60 Å². The molecule has 1 N–H and O–H groups in total. The molecule has 0 radical (unpaired) electrons. The fourth-order valence-electron chi connectivity index (χ4n) is 2.93. The van der Waals surface area contributed by atoms with E-state index in [2.05, 4.69) is 16.0 Å². The molecule has 0 amide bonds. The highest BCUT2D eigenvalue weighted by molar-refractivity contribution is 5.70. The van der Waals surface area contributed by atoms with Crippen LogP contribution < -0.4 is 0 Å². The first-order chi connectivity index (χ1) is 13.0. The summed E-state index contributed by atoms with van der Waals surface area (Å²) in [6.07, 6.45) is 3.54. The molecule has 132 valence electrons. The quantitative estimate of drug-likeness (QED) is 0.607. The molecule has 0 atom stereocenters. The molecule has 0 aliphatic carbocycles. The van der Waals surface area contributed by atoms with E-state index in [0.717, 1.165) is 22.6 Å². The van der Waals surface area contributed by atoms with E-state index in [1.165, 1.54) is 0 Å². The highest BCUT2D eigenvalue weighted by Gasteiger charge is 2.19. The summed E-state index contributed by atoms with van der Waals surface area (Å²) in [5.41, 5.74) is 3.13. The lowest BCUT2D eigenvalue weighted by Crippen LogP contribution is -2.18. The number of nitrogens with zero attached hydrogens (tertiary/aromatic N) is 5. The van der Waals surface area contributed by atoms with Crippen molar-refractivity contribution in [3.05, 3.63) is 72.2 Å². The van der Waals surface area contributed by atoms with E-state index in [9.17, 15) is 10.4 Å². The summed E-state index contributed by atoms with van der Waals surface area (Å²) in [6.45, 7) is 3.38. The van der Waals surface area contributed by atoms with Crippen molar-refractivity contribution in [2.75, 3.05) is 0 Å². The molecule has 0 saturated heterocycles. The van der Waals surface area contributed by atoms with Crippen LogP contribution in [0.25, 0.3) is 28.4 Å². The Kier molecular flexibility index (Phi) is 3.94. The summed E-state index contributed by atoms with van der Waals surface area (Å²) in [4.78, 5) is 13.5. The second-order valence-corrected chi connectivity index (χ2v) is 6.75. The van der Waals surface area contributed by atoms with Crippen LogP contribution in [0, 0.1) is 11.3 Å². The molecule has 27 heavy (non-hydrogen) atoms. The molecule has 0 unspecified atom stereocenters. The van der Waals surface area contributed by atoms with Gasteiger partial charge in [-0.05, 0) is 38.1 Å². The third-order valence-electron chi connectivity index (χ3n) is 4.34. The molecule has 0 bridgehead atoms. The summed E-state index contributed by atoms with van der Waals surface area (Å²) in [7, 11) is 0. The minimum atomic E-state index is -1.03. The van der Waals surface area contributed by atoms with Gasteiger partial charge in [-0.25, -0.2) is 15.0 Å². The summed E-state index contributed by atoms with van der Waals surface area (Å²) in [5.74, 6) is 0.495. The van der Waals surface area contributed by atoms with Crippen molar-refractivity contribution in [2.45, 2.75) is 19.4 Å². The Labute approximate surface area is 156 Å². The van der Waals surface area contributed by atoms with E-state index in [1.54, 1.807) is 32.2 Å². The van der Waals surface area contributed by atoms with E-state index in [4.69, 9.17) is 4.98 Å². The maximum atomic E-state index is 10.1. The van der Waals surface area contributed by atoms with Crippen molar-refractivity contribution < 1.29 is 5.11 Å². The third kappa shape index (κ3) is 3.05. The largest absolute Gasteiger partial charge is 0.384 e. The van der Waals surface area contributed by atoms with Gasteiger partial charge in [-0.3, -0.25) is 4.40 Å². The van der Waals surface area contributed by atoms with E-state index in [0.29, 0.717) is 17.0 Å². The van der Waals surface area contributed by atoms with E-state index in [1.807, 2.05) is 47.0 Å². The second-order valence-electron chi connectivity index (χ2n) is 6.75. The number of imidazole rings is 1. The number of rotatable bonds is 3.